The largest absolute Gasteiger partial charge is 0.573 e. The first kappa shape index (κ1) is 28.2. The number of fused-ring (bicyclic) bond motifs is 2. The van der Waals surface area contributed by atoms with E-state index in [-0.39, 0.29) is 54.8 Å². The van der Waals surface area contributed by atoms with Gasteiger partial charge in [0.1, 0.15) is 5.75 Å². The molecule has 0 saturated heterocycles. The number of rotatable bonds is 8. The molecule has 2 aliphatic rings. The van der Waals surface area contributed by atoms with Gasteiger partial charge >= 0.3 is 12.3 Å². The molecule has 214 valence electrons. The fourth-order valence-electron chi connectivity index (χ4n) is 6.14. The summed E-state index contributed by atoms with van der Waals surface area (Å²) in [6.07, 6.45) is -2.37. The van der Waals surface area contributed by atoms with Crippen molar-refractivity contribution in [2.24, 2.45) is 5.92 Å². The number of halogens is 3. The molecular formula is C31H29F3N2O5. The second-order valence-electron chi connectivity index (χ2n) is 10.3. The number of ether oxygens (including phenoxy) is 1. The molecule has 7 nitrogen and oxygen atoms in total. The van der Waals surface area contributed by atoms with Crippen molar-refractivity contribution in [3.63, 3.8) is 0 Å². The van der Waals surface area contributed by atoms with E-state index in [0.717, 1.165) is 30.5 Å². The molecule has 3 aromatic rings. The number of carboxylic acid groups (broad SMARTS) is 1. The molecule has 5 rings (SSSR count). The summed E-state index contributed by atoms with van der Waals surface area (Å²) < 4.78 is 41.9. The minimum absolute atomic E-state index is 0.0836. The number of carboxylic acids is 1. The second-order valence-corrected chi connectivity index (χ2v) is 10.3. The van der Waals surface area contributed by atoms with E-state index in [1.807, 2.05) is 24.3 Å². The van der Waals surface area contributed by atoms with Crippen LogP contribution in [0.5, 0.6) is 5.75 Å². The molecule has 1 saturated carbocycles. The van der Waals surface area contributed by atoms with Crippen LogP contribution in [-0.4, -0.2) is 46.7 Å². The Bertz CT molecular complexity index is 1410. The van der Waals surface area contributed by atoms with Gasteiger partial charge in [-0.25, -0.2) is 0 Å². The van der Waals surface area contributed by atoms with Crippen LogP contribution in [0.2, 0.25) is 0 Å². The molecule has 1 fully saturated rings. The van der Waals surface area contributed by atoms with Gasteiger partial charge in [-0.05, 0) is 67.3 Å². The molecule has 3 aromatic carbocycles. The van der Waals surface area contributed by atoms with Crippen LogP contribution in [0.4, 0.5) is 18.9 Å². The van der Waals surface area contributed by atoms with Gasteiger partial charge in [0.05, 0.1) is 6.04 Å². The molecule has 0 radical (unpaired) electrons. The van der Waals surface area contributed by atoms with E-state index in [9.17, 15) is 32.7 Å². The van der Waals surface area contributed by atoms with Gasteiger partial charge in [0, 0.05) is 41.7 Å². The number of carbonyl (C=O) groups is 3. The molecule has 3 unspecified atom stereocenters. The fourth-order valence-corrected chi connectivity index (χ4v) is 6.14. The molecule has 1 aliphatic carbocycles. The Morgan fingerprint density at radius 2 is 1.59 bits per heavy atom. The summed E-state index contributed by atoms with van der Waals surface area (Å²) in [5.41, 5.74) is 2.12. The van der Waals surface area contributed by atoms with Crippen molar-refractivity contribution in [3.05, 3.63) is 95.6 Å². The topological polar surface area (TPSA) is 87.2 Å². The number of alkyl halides is 3. The Morgan fingerprint density at radius 3 is 2.27 bits per heavy atom. The predicted molar refractivity (Wildman–Crippen MR) is 145 cm³/mol. The maximum Gasteiger partial charge on any atom is 0.573 e. The molecule has 3 atom stereocenters. The molecular weight excluding hydrogens is 537 g/mol. The van der Waals surface area contributed by atoms with Crippen molar-refractivity contribution in [2.45, 2.75) is 50.6 Å². The zero-order chi connectivity index (χ0) is 29.1. The summed E-state index contributed by atoms with van der Waals surface area (Å²) in [6.45, 7) is 0.233. The lowest BCUT2D eigenvalue weighted by atomic mass is 9.81. The van der Waals surface area contributed by atoms with Gasteiger partial charge in [0.25, 0.3) is 11.8 Å². The molecule has 1 N–H and O–H groups in total. The molecule has 10 heteroatoms. The smallest absolute Gasteiger partial charge is 0.481 e. The van der Waals surface area contributed by atoms with Crippen molar-refractivity contribution < 1.29 is 37.4 Å². The van der Waals surface area contributed by atoms with Crippen LogP contribution in [0.25, 0.3) is 0 Å². The first-order valence-electron chi connectivity index (χ1n) is 13.5. The van der Waals surface area contributed by atoms with Crippen molar-refractivity contribution in [1.29, 1.82) is 0 Å². The SMILES string of the molecule is O=C(O)CCCN(C(=O)c1ccccc1)C1c2ccccc2N(C(=O)c2ccc(OC(F)(F)F)cc2)C2CCCC12. The van der Waals surface area contributed by atoms with E-state index < -0.39 is 18.1 Å². The predicted octanol–water partition coefficient (Wildman–Crippen LogP) is 6.46. The quantitative estimate of drug-likeness (QED) is 0.338. The third kappa shape index (κ3) is 6.06. The van der Waals surface area contributed by atoms with Crippen LogP contribution in [-0.2, 0) is 4.79 Å². The van der Waals surface area contributed by atoms with Crippen LogP contribution in [0.15, 0.2) is 78.9 Å². The lowest BCUT2D eigenvalue weighted by Gasteiger charge is -2.47. The lowest BCUT2D eigenvalue weighted by molar-refractivity contribution is -0.274. The minimum atomic E-state index is -4.84. The number of para-hydroxylation sites is 1. The number of hydrogen-bond donors (Lipinski definition) is 1. The number of carbonyl (C=O) groups excluding carboxylic acids is 2. The highest BCUT2D eigenvalue weighted by Crippen LogP contribution is 2.51. The second kappa shape index (κ2) is 11.6. The summed E-state index contributed by atoms with van der Waals surface area (Å²) in [5, 5.41) is 9.27. The third-order valence-electron chi connectivity index (χ3n) is 7.74. The van der Waals surface area contributed by atoms with Gasteiger partial charge in [-0.1, -0.05) is 42.8 Å². The van der Waals surface area contributed by atoms with Crippen LogP contribution in [0.3, 0.4) is 0 Å². The monoisotopic (exact) mass is 566 g/mol. The zero-order valence-corrected chi connectivity index (χ0v) is 22.1. The fraction of sp³-hybridized carbons (Fsp3) is 0.323. The number of benzene rings is 3. The average molecular weight is 567 g/mol. The zero-order valence-electron chi connectivity index (χ0n) is 22.1. The third-order valence-corrected chi connectivity index (χ3v) is 7.74. The maximum atomic E-state index is 13.9. The standard InChI is InChI=1S/C31H29F3N2O5/c32-31(33,34)41-22-17-15-21(16-18-22)30(40)36-25-12-5-4-10-23(25)28(24-11-6-13-26(24)36)35(19-7-14-27(37)38)29(39)20-8-2-1-3-9-20/h1-5,8-10,12,15-18,24,26,28H,6-7,11,13-14,19H2,(H,37,38). The average Bonchev–Trinajstić information content (AvgIpc) is 3.43. The van der Waals surface area contributed by atoms with Crippen LogP contribution in [0.1, 0.15) is 64.4 Å². The Kier molecular flexibility index (Phi) is 8.01. The molecule has 41 heavy (non-hydrogen) atoms. The van der Waals surface area contributed by atoms with E-state index in [2.05, 4.69) is 4.74 Å². The van der Waals surface area contributed by atoms with Crippen LogP contribution in [0, 0.1) is 5.92 Å². The van der Waals surface area contributed by atoms with E-state index in [1.54, 1.807) is 40.1 Å². The van der Waals surface area contributed by atoms with E-state index in [4.69, 9.17) is 0 Å². The summed E-state index contributed by atoms with van der Waals surface area (Å²) in [6, 6.07) is 20.4. The Balaban J connectivity index is 1.53. The summed E-state index contributed by atoms with van der Waals surface area (Å²) in [7, 11) is 0. The Morgan fingerprint density at radius 1 is 0.902 bits per heavy atom. The van der Waals surface area contributed by atoms with E-state index >= 15 is 0 Å². The summed E-state index contributed by atoms with van der Waals surface area (Å²) >= 11 is 0. The van der Waals surface area contributed by atoms with Gasteiger partial charge in [-0.3, -0.25) is 14.4 Å². The van der Waals surface area contributed by atoms with Gasteiger partial charge in [0.2, 0.25) is 0 Å². The van der Waals surface area contributed by atoms with Crippen molar-refractivity contribution >= 4 is 23.5 Å². The summed E-state index contributed by atoms with van der Waals surface area (Å²) in [4.78, 5) is 42.6. The number of hydrogen-bond acceptors (Lipinski definition) is 4. The first-order valence-corrected chi connectivity index (χ1v) is 13.5. The number of aliphatic carboxylic acids is 1. The van der Waals surface area contributed by atoms with Gasteiger partial charge in [0.15, 0.2) is 0 Å². The molecule has 0 spiro atoms. The van der Waals surface area contributed by atoms with Gasteiger partial charge in [-0.2, -0.15) is 0 Å². The van der Waals surface area contributed by atoms with Crippen molar-refractivity contribution in [1.82, 2.24) is 4.90 Å². The number of amides is 2. The highest BCUT2D eigenvalue weighted by atomic mass is 19.4. The van der Waals surface area contributed by atoms with Crippen molar-refractivity contribution in [3.8, 4) is 5.75 Å². The molecule has 1 heterocycles. The minimum Gasteiger partial charge on any atom is -0.481 e. The molecule has 0 bridgehead atoms. The number of nitrogens with zero attached hydrogens (tertiary/aromatic N) is 2. The Hall–Kier alpha value is -4.34. The molecule has 2 amide bonds. The highest BCUT2D eigenvalue weighted by Gasteiger charge is 2.48. The lowest BCUT2D eigenvalue weighted by Crippen LogP contribution is -2.52. The first-order chi connectivity index (χ1) is 19.6. The molecule has 1 aliphatic heterocycles. The summed E-state index contributed by atoms with van der Waals surface area (Å²) in [5.74, 6) is -2.02. The van der Waals surface area contributed by atoms with Crippen LogP contribution < -0.4 is 9.64 Å². The van der Waals surface area contributed by atoms with E-state index in [0.29, 0.717) is 17.7 Å². The van der Waals surface area contributed by atoms with E-state index in [1.165, 1.54) is 12.1 Å². The molecule has 0 aromatic heterocycles. The van der Waals surface area contributed by atoms with Crippen LogP contribution >= 0.6 is 0 Å². The highest BCUT2D eigenvalue weighted by molar-refractivity contribution is 6.07. The normalized spacial score (nSPS) is 19.7. The number of anilines is 1. The van der Waals surface area contributed by atoms with Gasteiger partial charge < -0.3 is 19.6 Å². The van der Waals surface area contributed by atoms with Gasteiger partial charge in [-0.15, -0.1) is 13.2 Å². The maximum absolute atomic E-state index is 13.9. The Labute approximate surface area is 235 Å². The van der Waals surface area contributed by atoms with Crippen molar-refractivity contribution in [2.75, 3.05) is 11.4 Å².